The van der Waals surface area contributed by atoms with Crippen LogP contribution in [0.4, 0.5) is 5.82 Å². The quantitative estimate of drug-likeness (QED) is 0.851. The predicted octanol–water partition coefficient (Wildman–Crippen LogP) is 1.87. The topological polar surface area (TPSA) is 39.7 Å². The fourth-order valence-corrected chi connectivity index (χ4v) is 3.47. The molecule has 0 spiro atoms. The molecule has 3 rings (SSSR count). The molecule has 0 aromatic carbocycles. The van der Waals surface area contributed by atoms with E-state index in [1.165, 1.54) is 25.8 Å². The SMILES string of the molecule is CN(CC(=O)N1CCN2CCCC[C@@H]2C1)c1ccc(Cl)cn1. The number of likely N-dealkylation sites (N-methyl/N-ethyl adjacent to an activating group) is 1. The second-order valence-corrected chi connectivity index (χ2v) is 6.65. The second-order valence-electron chi connectivity index (χ2n) is 6.22. The number of halogens is 1. The lowest BCUT2D eigenvalue weighted by Gasteiger charge is -2.44. The fourth-order valence-electron chi connectivity index (χ4n) is 3.36. The maximum Gasteiger partial charge on any atom is 0.242 e. The summed E-state index contributed by atoms with van der Waals surface area (Å²) in [6, 6.07) is 4.20. The van der Waals surface area contributed by atoms with Gasteiger partial charge in [0.25, 0.3) is 0 Å². The molecule has 6 heteroatoms. The maximum absolute atomic E-state index is 12.5. The van der Waals surface area contributed by atoms with Crippen LogP contribution in [0, 0.1) is 0 Å². The van der Waals surface area contributed by atoms with Gasteiger partial charge in [-0.2, -0.15) is 0 Å². The number of aromatic nitrogens is 1. The Morgan fingerprint density at radius 2 is 2.23 bits per heavy atom. The van der Waals surface area contributed by atoms with Crippen molar-refractivity contribution in [3.63, 3.8) is 0 Å². The third-order valence-corrected chi connectivity index (χ3v) is 4.89. The molecule has 0 saturated carbocycles. The average molecular weight is 323 g/mol. The van der Waals surface area contributed by atoms with Crippen molar-refractivity contribution in [3.05, 3.63) is 23.4 Å². The van der Waals surface area contributed by atoms with Crippen LogP contribution >= 0.6 is 11.6 Å². The van der Waals surface area contributed by atoms with Crippen molar-refractivity contribution in [2.45, 2.75) is 25.3 Å². The minimum Gasteiger partial charge on any atom is -0.350 e. The molecule has 120 valence electrons. The molecule has 5 nitrogen and oxygen atoms in total. The first-order valence-corrected chi connectivity index (χ1v) is 8.36. The van der Waals surface area contributed by atoms with E-state index in [2.05, 4.69) is 9.88 Å². The van der Waals surface area contributed by atoms with Gasteiger partial charge in [0.1, 0.15) is 5.82 Å². The van der Waals surface area contributed by atoms with E-state index in [4.69, 9.17) is 11.6 Å². The Hall–Kier alpha value is -1.33. The lowest BCUT2D eigenvalue weighted by atomic mass is 9.99. The van der Waals surface area contributed by atoms with Crippen LogP contribution in [0.15, 0.2) is 18.3 Å². The summed E-state index contributed by atoms with van der Waals surface area (Å²) < 4.78 is 0. The number of carbonyl (C=O) groups is 1. The van der Waals surface area contributed by atoms with Crippen molar-refractivity contribution < 1.29 is 4.79 Å². The molecule has 2 fully saturated rings. The van der Waals surface area contributed by atoms with Gasteiger partial charge >= 0.3 is 0 Å². The number of rotatable bonds is 3. The van der Waals surface area contributed by atoms with E-state index >= 15 is 0 Å². The molecule has 22 heavy (non-hydrogen) atoms. The van der Waals surface area contributed by atoms with E-state index in [1.54, 1.807) is 12.3 Å². The van der Waals surface area contributed by atoms with Gasteiger partial charge in [-0.05, 0) is 31.5 Å². The van der Waals surface area contributed by atoms with Gasteiger partial charge in [0.15, 0.2) is 0 Å². The lowest BCUT2D eigenvalue weighted by Crippen LogP contribution is -2.57. The van der Waals surface area contributed by atoms with Gasteiger partial charge in [0.2, 0.25) is 5.91 Å². The summed E-state index contributed by atoms with van der Waals surface area (Å²) in [6.45, 7) is 4.29. The van der Waals surface area contributed by atoms with Crippen molar-refractivity contribution in [2.24, 2.45) is 0 Å². The number of nitrogens with zero attached hydrogens (tertiary/aromatic N) is 4. The van der Waals surface area contributed by atoms with Crippen LogP contribution in [0.1, 0.15) is 19.3 Å². The van der Waals surface area contributed by atoms with Crippen LogP contribution in [-0.2, 0) is 4.79 Å². The molecule has 0 aliphatic carbocycles. The van der Waals surface area contributed by atoms with Gasteiger partial charge in [-0.15, -0.1) is 0 Å². The Morgan fingerprint density at radius 1 is 1.36 bits per heavy atom. The molecule has 0 N–H and O–H groups in total. The smallest absolute Gasteiger partial charge is 0.242 e. The summed E-state index contributed by atoms with van der Waals surface area (Å²) in [5.41, 5.74) is 0. The van der Waals surface area contributed by atoms with Crippen molar-refractivity contribution in [1.82, 2.24) is 14.8 Å². The van der Waals surface area contributed by atoms with Crippen LogP contribution in [0.3, 0.4) is 0 Å². The Balaban J connectivity index is 1.56. The number of amides is 1. The number of hydrogen-bond acceptors (Lipinski definition) is 4. The molecule has 1 aromatic rings. The van der Waals surface area contributed by atoms with Gasteiger partial charge in [0.05, 0.1) is 11.6 Å². The largest absolute Gasteiger partial charge is 0.350 e. The standard InChI is InChI=1S/C16H23ClN4O/c1-19(15-6-5-13(17)10-18-15)12-16(22)21-9-8-20-7-3-2-4-14(20)11-21/h5-6,10,14H,2-4,7-9,11-12H2,1H3/t14-/m1/s1. The number of hydrogen-bond donors (Lipinski definition) is 0. The molecular weight excluding hydrogens is 300 g/mol. The average Bonchev–Trinajstić information content (AvgIpc) is 2.55. The van der Waals surface area contributed by atoms with Crippen molar-refractivity contribution in [2.75, 3.05) is 44.7 Å². The van der Waals surface area contributed by atoms with Crippen molar-refractivity contribution >= 4 is 23.3 Å². The highest BCUT2D eigenvalue weighted by molar-refractivity contribution is 6.30. The molecule has 1 atom stereocenters. The highest BCUT2D eigenvalue weighted by Gasteiger charge is 2.31. The molecule has 1 amide bonds. The van der Waals surface area contributed by atoms with Gasteiger partial charge in [-0.3, -0.25) is 9.69 Å². The summed E-state index contributed by atoms with van der Waals surface area (Å²) >= 11 is 5.85. The van der Waals surface area contributed by atoms with E-state index in [-0.39, 0.29) is 5.91 Å². The minimum atomic E-state index is 0.185. The van der Waals surface area contributed by atoms with Gasteiger partial charge in [0, 0.05) is 38.9 Å². The van der Waals surface area contributed by atoms with Crippen molar-refractivity contribution in [3.8, 4) is 0 Å². The Kier molecular flexibility index (Phi) is 4.84. The fraction of sp³-hybridized carbons (Fsp3) is 0.625. The van der Waals surface area contributed by atoms with Gasteiger partial charge in [-0.1, -0.05) is 18.0 Å². The van der Waals surface area contributed by atoms with Crippen LogP contribution in [0.2, 0.25) is 5.02 Å². The molecule has 2 aliphatic heterocycles. The second kappa shape index (κ2) is 6.84. The molecule has 0 bridgehead atoms. The summed E-state index contributed by atoms with van der Waals surface area (Å²) in [5, 5.41) is 0.608. The van der Waals surface area contributed by atoms with E-state index in [9.17, 15) is 4.79 Å². The highest BCUT2D eigenvalue weighted by atomic mass is 35.5. The molecule has 0 radical (unpaired) electrons. The lowest BCUT2D eigenvalue weighted by molar-refractivity contribution is -0.133. The molecule has 2 saturated heterocycles. The van der Waals surface area contributed by atoms with E-state index < -0.39 is 0 Å². The number of anilines is 1. The third-order valence-electron chi connectivity index (χ3n) is 4.67. The summed E-state index contributed by atoms with van der Waals surface area (Å²) in [4.78, 5) is 23.2. The summed E-state index contributed by atoms with van der Waals surface area (Å²) in [6.07, 6.45) is 5.42. The van der Waals surface area contributed by atoms with Crippen molar-refractivity contribution in [1.29, 1.82) is 0 Å². The predicted molar refractivity (Wildman–Crippen MR) is 88.3 cm³/mol. The first kappa shape index (κ1) is 15.6. The van der Waals surface area contributed by atoms with E-state index in [0.717, 1.165) is 25.5 Å². The zero-order chi connectivity index (χ0) is 15.5. The van der Waals surface area contributed by atoms with Crippen LogP contribution < -0.4 is 4.90 Å². The monoisotopic (exact) mass is 322 g/mol. The molecule has 1 aromatic heterocycles. The zero-order valence-corrected chi connectivity index (χ0v) is 13.8. The first-order chi connectivity index (χ1) is 10.6. The van der Waals surface area contributed by atoms with Gasteiger partial charge in [-0.25, -0.2) is 4.98 Å². The minimum absolute atomic E-state index is 0.185. The van der Waals surface area contributed by atoms with E-state index in [0.29, 0.717) is 17.6 Å². The number of piperazine rings is 1. The zero-order valence-electron chi connectivity index (χ0n) is 13.0. The third kappa shape index (κ3) is 3.52. The maximum atomic E-state index is 12.5. The summed E-state index contributed by atoms with van der Waals surface area (Å²) in [7, 11) is 1.89. The van der Waals surface area contributed by atoms with Gasteiger partial charge < -0.3 is 9.80 Å². The molecular formula is C16H23ClN4O. The number of pyridine rings is 1. The van der Waals surface area contributed by atoms with Crippen LogP contribution in [0.5, 0.6) is 0 Å². The number of piperidine rings is 1. The Labute approximate surface area is 136 Å². The Morgan fingerprint density at radius 3 is 3.00 bits per heavy atom. The summed E-state index contributed by atoms with van der Waals surface area (Å²) in [5.74, 6) is 0.957. The molecule has 0 unspecified atom stereocenters. The van der Waals surface area contributed by atoms with E-state index in [1.807, 2.05) is 22.9 Å². The van der Waals surface area contributed by atoms with Crippen LogP contribution in [0.25, 0.3) is 0 Å². The van der Waals surface area contributed by atoms with Crippen LogP contribution in [-0.4, -0.2) is 66.5 Å². The molecule has 3 heterocycles. The normalized spacial score (nSPS) is 22.3. The number of carbonyl (C=O) groups excluding carboxylic acids is 1. The first-order valence-electron chi connectivity index (χ1n) is 7.98. The number of fused-ring (bicyclic) bond motifs is 1. The Bertz CT molecular complexity index is 521. The highest BCUT2D eigenvalue weighted by Crippen LogP contribution is 2.21. The molecule has 2 aliphatic rings.